The van der Waals surface area contributed by atoms with Gasteiger partial charge in [-0.25, -0.2) is 0 Å². The molecule has 7 heteroatoms. The van der Waals surface area contributed by atoms with Gasteiger partial charge in [-0.05, 0) is 12.1 Å². The summed E-state index contributed by atoms with van der Waals surface area (Å²) in [6.45, 7) is 4.38. The standard InChI is InChI=1S/C14H18ClF3N2O/c1-21-10-9-19-5-7-20(8-6-19)12-4-2-3-11(13(12)15)14(16,17)18/h2-4H,5-10H2,1H3. The molecule has 0 atom stereocenters. The van der Waals surface area contributed by atoms with Crippen LogP contribution < -0.4 is 4.90 Å². The highest BCUT2D eigenvalue weighted by atomic mass is 35.5. The number of nitrogens with zero attached hydrogens (tertiary/aromatic N) is 2. The van der Waals surface area contributed by atoms with Gasteiger partial charge in [-0.1, -0.05) is 17.7 Å². The second-order valence-electron chi connectivity index (χ2n) is 4.96. The molecule has 3 nitrogen and oxygen atoms in total. The van der Waals surface area contributed by atoms with Crippen LogP contribution in [0, 0.1) is 0 Å². The molecule has 0 aromatic heterocycles. The summed E-state index contributed by atoms with van der Waals surface area (Å²) >= 11 is 5.95. The third-order valence-electron chi connectivity index (χ3n) is 3.61. The van der Waals surface area contributed by atoms with E-state index in [1.807, 2.05) is 4.90 Å². The molecule has 0 aliphatic carbocycles. The topological polar surface area (TPSA) is 15.7 Å². The van der Waals surface area contributed by atoms with E-state index >= 15 is 0 Å². The number of halogens is 4. The van der Waals surface area contributed by atoms with Gasteiger partial charge in [0, 0.05) is 39.8 Å². The fourth-order valence-corrected chi connectivity index (χ4v) is 2.77. The Morgan fingerprint density at radius 2 is 1.86 bits per heavy atom. The number of benzene rings is 1. The zero-order valence-electron chi connectivity index (χ0n) is 11.8. The zero-order valence-corrected chi connectivity index (χ0v) is 12.5. The Labute approximate surface area is 127 Å². The first-order valence-electron chi connectivity index (χ1n) is 6.75. The van der Waals surface area contributed by atoms with Crippen LogP contribution in [-0.2, 0) is 10.9 Å². The molecule has 0 radical (unpaired) electrons. The van der Waals surface area contributed by atoms with Gasteiger partial charge in [0.25, 0.3) is 0 Å². The van der Waals surface area contributed by atoms with E-state index in [0.29, 0.717) is 25.4 Å². The second-order valence-corrected chi connectivity index (χ2v) is 5.34. The fourth-order valence-electron chi connectivity index (χ4n) is 2.42. The molecule has 0 amide bonds. The first-order valence-corrected chi connectivity index (χ1v) is 7.13. The molecule has 1 fully saturated rings. The van der Waals surface area contributed by atoms with Gasteiger partial charge in [0.05, 0.1) is 22.9 Å². The Balaban J connectivity index is 2.07. The number of hydrogen-bond donors (Lipinski definition) is 0. The Bertz CT molecular complexity index is 474. The largest absolute Gasteiger partial charge is 0.417 e. The summed E-state index contributed by atoms with van der Waals surface area (Å²) < 4.78 is 43.6. The lowest BCUT2D eigenvalue weighted by Gasteiger charge is -2.36. The van der Waals surface area contributed by atoms with E-state index in [4.69, 9.17) is 16.3 Å². The highest BCUT2D eigenvalue weighted by molar-refractivity contribution is 6.34. The third kappa shape index (κ3) is 4.02. The average Bonchev–Trinajstić information content (AvgIpc) is 2.45. The number of alkyl halides is 3. The van der Waals surface area contributed by atoms with E-state index in [2.05, 4.69) is 4.90 Å². The van der Waals surface area contributed by atoms with E-state index in [1.165, 1.54) is 6.07 Å². The van der Waals surface area contributed by atoms with Gasteiger partial charge in [-0.15, -0.1) is 0 Å². The summed E-state index contributed by atoms with van der Waals surface area (Å²) in [6.07, 6.45) is -4.42. The second kappa shape index (κ2) is 6.85. The number of piperazine rings is 1. The number of anilines is 1. The van der Waals surface area contributed by atoms with Crippen LogP contribution in [0.1, 0.15) is 5.56 Å². The van der Waals surface area contributed by atoms with Crippen molar-refractivity contribution in [1.29, 1.82) is 0 Å². The maximum atomic E-state index is 12.9. The molecule has 0 bridgehead atoms. The lowest BCUT2D eigenvalue weighted by atomic mass is 10.1. The van der Waals surface area contributed by atoms with E-state index in [9.17, 15) is 13.2 Å². The van der Waals surface area contributed by atoms with Crippen LogP contribution in [0.2, 0.25) is 5.02 Å². The molecule has 0 N–H and O–H groups in total. The smallest absolute Gasteiger partial charge is 0.383 e. The van der Waals surface area contributed by atoms with Crippen LogP contribution in [0.15, 0.2) is 18.2 Å². The van der Waals surface area contributed by atoms with Gasteiger partial charge in [0.1, 0.15) is 0 Å². The monoisotopic (exact) mass is 322 g/mol. The molecule has 2 rings (SSSR count). The average molecular weight is 323 g/mol. The van der Waals surface area contributed by atoms with Crippen molar-refractivity contribution in [3.63, 3.8) is 0 Å². The summed E-state index contributed by atoms with van der Waals surface area (Å²) in [6, 6.07) is 4.06. The zero-order chi connectivity index (χ0) is 15.5. The maximum absolute atomic E-state index is 12.9. The minimum Gasteiger partial charge on any atom is -0.383 e. The molecule has 0 unspecified atom stereocenters. The fraction of sp³-hybridized carbons (Fsp3) is 0.571. The van der Waals surface area contributed by atoms with Crippen molar-refractivity contribution in [2.45, 2.75) is 6.18 Å². The lowest BCUT2D eigenvalue weighted by Crippen LogP contribution is -2.47. The van der Waals surface area contributed by atoms with Crippen LogP contribution >= 0.6 is 11.6 Å². The van der Waals surface area contributed by atoms with E-state index in [-0.39, 0.29) is 5.02 Å². The number of hydrogen-bond acceptors (Lipinski definition) is 3. The van der Waals surface area contributed by atoms with Crippen molar-refractivity contribution in [1.82, 2.24) is 4.90 Å². The van der Waals surface area contributed by atoms with Crippen molar-refractivity contribution in [3.05, 3.63) is 28.8 Å². The molecule has 1 heterocycles. The van der Waals surface area contributed by atoms with Crippen LogP contribution in [-0.4, -0.2) is 51.3 Å². The first-order chi connectivity index (χ1) is 9.93. The molecular weight excluding hydrogens is 305 g/mol. The molecular formula is C14H18ClF3N2O. The van der Waals surface area contributed by atoms with Gasteiger partial charge in [0.15, 0.2) is 0 Å². The Morgan fingerprint density at radius 3 is 2.43 bits per heavy atom. The van der Waals surface area contributed by atoms with Crippen LogP contribution in [0.5, 0.6) is 0 Å². The molecule has 1 aliphatic heterocycles. The number of ether oxygens (including phenoxy) is 1. The van der Waals surface area contributed by atoms with Gasteiger partial charge in [-0.3, -0.25) is 4.90 Å². The van der Waals surface area contributed by atoms with Crippen LogP contribution in [0.3, 0.4) is 0 Å². The SMILES string of the molecule is COCCN1CCN(c2cccc(C(F)(F)F)c2Cl)CC1. The Hall–Kier alpha value is -0.980. The lowest BCUT2D eigenvalue weighted by molar-refractivity contribution is -0.137. The van der Waals surface area contributed by atoms with E-state index in [0.717, 1.165) is 25.7 Å². The first kappa shape index (κ1) is 16.4. The predicted molar refractivity (Wildman–Crippen MR) is 77.0 cm³/mol. The minimum absolute atomic E-state index is 0.213. The summed E-state index contributed by atoms with van der Waals surface area (Å²) in [5.41, 5.74) is -0.318. The predicted octanol–water partition coefficient (Wildman–Crippen LogP) is 3.13. The molecule has 0 spiro atoms. The number of rotatable bonds is 4. The molecule has 21 heavy (non-hydrogen) atoms. The highest BCUT2D eigenvalue weighted by Gasteiger charge is 2.34. The highest BCUT2D eigenvalue weighted by Crippen LogP contribution is 2.39. The van der Waals surface area contributed by atoms with Crippen molar-refractivity contribution in [2.75, 3.05) is 51.3 Å². The Morgan fingerprint density at radius 1 is 1.19 bits per heavy atom. The van der Waals surface area contributed by atoms with Crippen molar-refractivity contribution in [3.8, 4) is 0 Å². The normalized spacial score (nSPS) is 17.3. The summed E-state index contributed by atoms with van der Waals surface area (Å²) in [5.74, 6) is 0. The van der Waals surface area contributed by atoms with E-state index < -0.39 is 11.7 Å². The Kier molecular flexibility index (Phi) is 5.35. The third-order valence-corrected chi connectivity index (χ3v) is 4.01. The maximum Gasteiger partial charge on any atom is 0.417 e. The van der Waals surface area contributed by atoms with Crippen LogP contribution in [0.4, 0.5) is 18.9 Å². The number of methoxy groups -OCH3 is 1. The van der Waals surface area contributed by atoms with E-state index in [1.54, 1.807) is 13.2 Å². The summed E-state index contributed by atoms with van der Waals surface area (Å²) in [4.78, 5) is 4.13. The molecule has 1 aliphatic rings. The molecule has 1 saturated heterocycles. The van der Waals surface area contributed by atoms with Crippen molar-refractivity contribution >= 4 is 17.3 Å². The summed E-state index contributed by atoms with van der Waals surface area (Å²) in [5, 5.41) is -0.213. The molecule has 1 aromatic rings. The van der Waals surface area contributed by atoms with Gasteiger partial charge in [-0.2, -0.15) is 13.2 Å². The van der Waals surface area contributed by atoms with Crippen LogP contribution in [0.25, 0.3) is 0 Å². The quantitative estimate of drug-likeness (QED) is 0.847. The van der Waals surface area contributed by atoms with Crippen molar-refractivity contribution in [2.24, 2.45) is 0 Å². The minimum atomic E-state index is -4.42. The molecule has 1 aromatic carbocycles. The van der Waals surface area contributed by atoms with Gasteiger partial charge < -0.3 is 9.64 Å². The summed E-state index contributed by atoms with van der Waals surface area (Å²) in [7, 11) is 1.65. The molecule has 0 saturated carbocycles. The van der Waals surface area contributed by atoms with Crippen molar-refractivity contribution < 1.29 is 17.9 Å². The van der Waals surface area contributed by atoms with Gasteiger partial charge in [0.2, 0.25) is 0 Å². The van der Waals surface area contributed by atoms with Gasteiger partial charge >= 0.3 is 6.18 Å². The molecule has 118 valence electrons.